The van der Waals surface area contributed by atoms with Crippen LogP contribution >= 0.6 is 0 Å². The van der Waals surface area contributed by atoms with Crippen molar-refractivity contribution in [2.45, 2.75) is 12.6 Å². The van der Waals surface area contributed by atoms with Gasteiger partial charge in [0, 0.05) is 18.2 Å². The first kappa shape index (κ1) is 22.0. The first-order valence-electron chi connectivity index (χ1n) is 10.6. The number of aliphatic hydroxyl groups is 1. The summed E-state index contributed by atoms with van der Waals surface area (Å²) in [5.74, 6) is -1.24. The Hall–Kier alpha value is -3.85. The summed E-state index contributed by atoms with van der Waals surface area (Å²) >= 11 is 0. The highest BCUT2D eigenvalue weighted by molar-refractivity contribution is 6.33. The second-order valence-electron chi connectivity index (χ2n) is 7.77. The monoisotopic (exact) mass is 460 g/mol. The van der Waals surface area contributed by atoms with Crippen LogP contribution in [-0.2, 0) is 14.2 Å². The summed E-state index contributed by atoms with van der Waals surface area (Å²) in [4.78, 5) is 21.1. The molecular weight excluding hydrogens is 439 g/mol. The van der Waals surface area contributed by atoms with Crippen LogP contribution in [0.2, 0.25) is 0 Å². The van der Waals surface area contributed by atoms with Crippen LogP contribution in [0.3, 0.4) is 0 Å². The number of methoxy groups -OCH3 is 1. The van der Waals surface area contributed by atoms with Gasteiger partial charge in [0.15, 0.2) is 0 Å². The van der Waals surface area contributed by atoms with Gasteiger partial charge in [-0.1, -0.05) is 42.5 Å². The van der Waals surface area contributed by atoms with E-state index in [0.29, 0.717) is 16.6 Å². The molecule has 8 heteroatoms. The molecule has 5 rings (SSSR count). The van der Waals surface area contributed by atoms with E-state index >= 15 is 0 Å². The molecule has 1 saturated heterocycles. The Morgan fingerprint density at radius 2 is 1.88 bits per heavy atom. The lowest BCUT2D eigenvalue weighted by molar-refractivity contribution is -0.223. The molecule has 2 heterocycles. The molecule has 172 valence electrons. The van der Waals surface area contributed by atoms with Crippen LogP contribution in [-0.4, -0.2) is 41.1 Å². The summed E-state index contributed by atoms with van der Waals surface area (Å²) in [7, 11) is 1.48. The molecule has 2 N–H and O–H groups in total. The third-order valence-electron chi connectivity index (χ3n) is 5.56. The van der Waals surface area contributed by atoms with E-state index in [0.717, 1.165) is 11.6 Å². The van der Waals surface area contributed by atoms with Crippen molar-refractivity contribution in [3.63, 3.8) is 0 Å². The van der Waals surface area contributed by atoms with Crippen LogP contribution in [0.15, 0.2) is 72.8 Å². The standard InChI is InChI=1S/C26H21FN2O5/c1-32-26-33-14-21(34-26)15-6-4-7-16(12-15)23(30)22(24(31)17-8-5-9-18(27)13-17)25-28-19-10-2-3-11-20(19)29-25/h2-13,21,26,30H,14H2,1H3,(H,28,29)/b23-22+. The third kappa shape index (κ3) is 4.22. The van der Waals surface area contributed by atoms with Gasteiger partial charge in [-0.05, 0) is 35.9 Å². The number of H-pyrrole nitrogens is 1. The Morgan fingerprint density at radius 3 is 2.65 bits per heavy atom. The number of aromatic nitrogens is 2. The van der Waals surface area contributed by atoms with E-state index in [9.17, 15) is 14.3 Å². The number of aromatic amines is 1. The lowest BCUT2D eigenvalue weighted by atomic mass is 9.97. The summed E-state index contributed by atoms with van der Waals surface area (Å²) in [6, 6.07) is 19.5. The molecule has 3 aromatic carbocycles. The number of nitrogens with zero attached hydrogens (tertiary/aromatic N) is 1. The molecule has 0 bridgehead atoms. The number of allylic oxidation sites excluding steroid dienone is 1. The molecule has 34 heavy (non-hydrogen) atoms. The molecule has 0 saturated carbocycles. The number of rotatable bonds is 6. The fraction of sp³-hybridized carbons (Fsp3) is 0.154. The Labute approximate surface area is 194 Å². The van der Waals surface area contributed by atoms with Gasteiger partial charge in [-0.25, -0.2) is 9.37 Å². The number of ether oxygens (including phenoxy) is 3. The summed E-state index contributed by atoms with van der Waals surface area (Å²) in [6.45, 7) is -0.482. The largest absolute Gasteiger partial charge is 0.506 e. The smallest absolute Gasteiger partial charge is 0.272 e. The van der Waals surface area contributed by atoms with Crippen molar-refractivity contribution in [1.82, 2.24) is 9.97 Å². The number of fused-ring (bicyclic) bond motifs is 1. The Morgan fingerprint density at radius 1 is 1.09 bits per heavy atom. The normalized spacial score (nSPS) is 18.8. The zero-order valence-corrected chi connectivity index (χ0v) is 18.2. The number of carbonyl (C=O) groups excluding carboxylic acids is 1. The van der Waals surface area contributed by atoms with Crippen LogP contribution in [0, 0.1) is 5.82 Å². The van der Waals surface area contributed by atoms with E-state index in [1.807, 2.05) is 24.3 Å². The minimum absolute atomic E-state index is 0.0719. The van der Waals surface area contributed by atoms with Crippen molar-refractivity contribution < 1.29 is 28.5 Å². The maximum Gasteiger partial charge on any atom is 0.272 e. The molecule has 2 unspecified atom stereocenters. The van der Waals surface area contributed by atoms with E-state index in [2.05, 4.69) is 9.97 Å². The number of nitrogens with one attached hydrogen (secondary N) is 1. The van der Waals surface area contributed by atoms with Gasteiger partial charge in [0.05, 0.1) is 17.6 Å². The molecule has 2 atom stereocenters. The van der Waals surface area contributed by atoms with Crippen molar-refractivity contribution >= 4 is 28.1 Å². The van der Waals surface area contributed by atoms with Crippen molar-refractivity contribution in [3.05, 3.63) is 101 Å². The molecule has 4 aromatic rings. The van der Waals surface area contributed by atoms with Gasteiger partial charge in [0.2, 0.25) is 5.78 Å². The number of para-hydroxylation sites is 2. The van der Waals surface area contributed by atoms with Crippen molar-refractivity contribution in [3.8, 4) is 0 Å². The van der Waals surface area contributed by atoms with Crippen LogP contribution in [0.5, 0.6) is 0 Å². The number of imidazole rings is 1. The fourth-order valence-electron chi connectivity index (χ4n) is 3.88. The minimum Gasteiger partial charge on any atom is -0.506 e. The Kier molecular flexibility index (Phi) is 5.93. The van der Waals surface area contributed by atoms with Crippen LogP contribution in [0.25, 0.3) is 22.4 Å². The highest BCUT2D eigenvalue weighted by Gasteiger charge is 2.28. The molecule has 7 nitrogen and oxygen atoms in total. The van der Waals surface area contributed by atoms with Gasteiger partial charge >= 0.3 is 0 Å². The predicted octanol–water partition coefficient (Wildman–Crippen LogP) is 5.03. The number of aliphatic hydroxyl groups excluding tert-OH is 1. The first-order valence-corrected chi connectivity index (χ1v) is 10.6. The number of halogens is 1. The zero-order valence-electron chi connectivity index (χ0n) is 18.2. The lowest BCUT2D eigenvalue weighted by Gasteiger charge is -2.13. The maximum atomic E-state index is 13.9. The quantitative estimate of drug-likeness (QED) is 0.238. The molecule has 0 spiro atoms. The number of ketones is 1. The van der Waals surface area contributed by atoms with E-state index in [1.165, 1.54) is 25.3 Å². The summed E-state index contributed by atoms with van der Waals surface area (Å²) in [5, 5.41) is 11.3. The second kappa shape index (κ2) is 9.18. The highest BCUT2D eigenvalue weighted by Crippen LogP contribution is 2.32. The molecule has 1 fully saturated rings. The summed E-state index contributed by atoms with van der Waals surface area (Å²) in [5.41, 5.74) is 2.47. The van der Waals surface area contributed by atoms with Gasteiger partial charge < -0.3 is 24.3 Å². The highest BCUT2D eigenvalue weighted by atomic mass is 19.1. The molecule has 0 aliphatic carbocycles. The topological polar surface area (TPSA) is 93.7 Å². The van der Waals surface area contributed by atoms with Crippen molar-refractivity contribution in [1.29, 1.82) is 0 Å². The van der Waals surface area contributed by atoms with Gasteiger partial charge in [-0.15, -0.1) is 0 Å². The number of Topliss-reactive ketones (excluding diaryl/α,β-unsaturated/α-hetero) is 1. The Bertz CT molecular complexity index is 1360. The molecule has 1 aromatic heterocycles. The average Bonchev–Trinajstić information content (AvgIpc) is 3.51. The third-order valence-corrected chi connectivity index (χ3v) is 5.56. The number of hydrogen-bond acceptors (Lipinski definition) is 6. The molecule has 0 amide bonds. The summed E-state index contributed by atoms with van der Waals surface area (Å²) < 4.78 is 30.0. The van der Waals surface area contributed by atoms with E-state index < -0.39 is 24.2 Å². The molecular formula is C26H21FN2O5. The number of benzene rings is 3. The van der Waals surface area contributed by atoms with Gasteiger partial charge in [0.25, 0.3) is 6.48 Å². The van der Waals surface area contributed by atoms with Crippen LogP contribution in [0.4, 0.5) is 4.39 Å². The van der Waals surface area contributed by atoms with Gasteiger partial charge in [-0.2, -0.15) is 0 Å². The van der Waals surface area contributed by atoms with Crippen LogP contribution in [0.1, 0.15) is 33.4 Å². The average molecular weight is 460 g/mol. The fourth-order valence-corrected chi connectivity index (χ4v) is 3.88. The zero-order chi connectivity index (χ0) is 23.7. The molecule has 0 radical (unpaired) electrons. The van der Waals surface area contributed by atoms with E-state index in [4.69, 9.17) is 14.2 Å². The minimum atomic E-state index is -0.765. The van der Waals surface area contributed by atoms with Gasteiger partial charge in [0.1, 0.15) is 29.1 Å². The van der Waals surface area contributed by atoms with E-state index in [-0.39, 0.29) is 29.3 Å². The number of carbonyl (C=O) groups is 1. The van der Waals surface area contributed by atoms with Crippen molar-refractivity contribution in [2.24, 2.45) is 0 Å². The number of hydrogen-bond donors (Lipinski definition) is 2. The molecule has 1 aliphatic heterocycles. The maximum absolute atomic E-state index is 13.9. The SMILES string of the molecule is COC1OCC(c2cccc(/C(O)=C(/C(=O)c3cccc(F)c3)c3nc4ccccc4[nH]3)c2)O1. The van der Waals surface area contributed by atoms with Crippen LogP contribution < -0.4 is 0 Å². The first-order chi connectivity index (χ1) is 16.5. The predicted molar refractivity (Wildman–Crippen MR) is 123 cm³/mol. The van der Waals surface area contributed by atoms with Gasteiger partial charge in [-0.3, -0.25) is 4.79 Å². The lowest BCUT2D eigenvalue weighted by Crippen LogP contribution is -2.10. The second-order valence-corrected chi connectivity index (χ2v) is 7.77. The molecule has 1 aliphatic rings. The van der Waals surface area contributed by atoms with E-state index in [1.54, 1.807) is 24.3 Å². The Balaban J connectivity index is 1.62. The van der Waals surface area contributed by atoms with Crippen molar-refractivity contribution in [2.75, 3.05) is 13.7 Å². The summed E-state index contributed by atoms with van der Waals surface area (Å²) in [6.07, 6.45) is -0.397.